The van der Waals surface area contributed by atoms with Crippen LogP contribution in [0.5, 0.6) is 0 Å². The molecule has 1 unspecified atom stereocenters. The maximum atomic E-state index is 13.8. The molecule has 0 bridgehead atoms. The zero-order valence-corrected chi connectivity index (χ0v) is 11.9. The van der Waals surface area contributed by atoms with Gasteiger partial charge in [0.05, 0.1) is 5.02 Å². The second-order valence-electron chi connectivity index (χ2n) is 4.73. The Morgan fingerprint density at radius 3 is 2.83 bits per heavy atom. The van der Waals surface area contributed by atoms with E-state index in [0.717, 1.165) is 25.0 Å². The number of benzene rings is 1. The van der Waals surface area contributed by atoms with E-state index in [0.29, 0.717) is 12.0 Å². The third kappa shape index (κ3) is 4.79. The van der Waals surface area contributed by atoms with Crippen molar-refractivity contribution in [3.05, 3.63) is 46.8 Å². The molecule has 0 saturated carbocycles. The van der Waals surface area contributed by atoms with Gasteiger partial charge in [0.15, 0.2) is 0 Å². The third-order valence-electron chi connectivity index (χ3n) is 2.78. The van der Waals surface area contributed by atoms with Crippen LogP contribution in [-0.2, 0) is 6.42 Å². The van der Waals surface area contributed by atoms with Crippen LogP contribution in [-0.4, -0.2) is 12.6 Å². The molecule has 0 amide bonds. The third-order valence-corrected chi connectivity index (χ3v) is 3.07. The van der Waals surface area contributed by atoms with Crippen LogP contribution < -0.4 is 5.32 Å². The van der Waals surface area contributed by atoms with Gasteiger partial charge in [-0.1, -0.05) is 36.2 Å². The lowest BCUT2D eigenvalue weighted by Crippen LogP contribution is -2.32. The molecule has 0 aliphatic rings. The van der Waals surface area contributed by atoms with Gasteiger partial charge >= 0.3 is 0 Å². The first-order chi connectivity index (χ1) is 8.54. The Morgan fingerprint density at radius 1 is 1.50 bits per heavy atom. The van der Waals surface area contributed by atoms with Gasteiger partial charge < -0.3 is 5.32 Å². The van der Waals surface area contributed by atoms with E-state index in [1.165, 1.54) is 0 Å². The highest BCUT2D eigenvalue weighted by Gasteiger charge is 2.13. The summed E-state index contributed by atoms with van der Waals surface area (Å²) in [5.74, 6) is -0.302. The summed E-state index contributed by atoms with van der Waals surface area (Å²) >= 11 is 5.79. The van der Waals surface area contributed by atoms with Crippen LogP contribution in [0.2, 0.25) is 5.02 Å². The fourth-order valence-electron chi connectivity index (χ4n) is 1.96. The molecule has 1 aromatic rings. The van der Waals surface area contributed by atoms with Gasteiger partial charge in [0, 0.05) is 6.04 Å². The summed E-state index contributed by atoms with van der Waals surface area (Å²) in [6, 6.07) is 5.38. The van der Waals surface area contributed by atoms with Crippen LogP contribution in [0.4, 0.5) is 4.39 Å². The molecule has 1 nitrogen and oxygen atoms in total. The van der Waals surface area contributed by atoms with E-state index in [2.05, 4.69) is 18.8 Å². The molecule has 1 N–H and O–H groups in total. The molecule has 100 valence electrons. The monoisotopic (exact) mass is 269 g/mol. The molecule has 3 heteroatoms. The molecule has 0 fully saturated rings. The second-order valence-corrected chi connectivity index (χ2v) is 5.14. The second kappa shape index (κ2) is 7.55. The molecule has 1 rings (SSSR count). The Labute approximate surface area is 114 Å². The minimum atomic E-state index is -0.302. The topological polar surface area (TPSA) is 12.0 Å². The van der Waals surface area contributed by atoms with E-state index in [4.69, 9.17) is 11.6 Å². The van der Waals surface area contributed by atoms with Crippen LogP contribution in [0, 0.1) is 5.82 Å². The lowest BCUT2D eigenvalue weighted by atomic mass is 10.00. The van der Waals surface area contributed by atoms with Crippen molar-refractivity contribution in [2.45, 2.75) is 39.2 Å². The van der Waals surface area contributed by atoms with Crippen molar-refractivity contribution in [2.24, 2.45) is 0 Å². The van der Waals surface area contributed by atoms with Crippen molar-refractivity contribution in [1.82, 2.24) is 5.32 Å². The summed E-state index contributed by atoms with van der Waals surface area (Å²) in [6.07, 6.45) is 2.55. The molecular weight excluding hydrogens is 249 g/mol. The van der Waals surface area contributed by atoms with E-state index in [1.54, 1.807) is 18.2 Å². The quantitative estimate of drug-likeness (QED) is 0.726. The Morgan fingerprint density at radius 2 is 2.22 bits per heavy atom. The molecular formula is C15H21ClFN. The standard InChI is InChI=1S/C15H21ClFN/c1-4-8-18-13(9-11(2)3)10-12-6-5-7-14(16)15(12)17/h5-7,13,18H,2,4,8-10H2,1,3H3. The zero-order valence-electron chi connectivity index (χ0n) is 11.1. The number of rotatable bonds is 7. The predicted octanol–water partition coefficient (Wildman–Crippen LogP) is 4.36. The van der Waals surface area contributed by atoms with E-state index in [-0.39, 0.29) is 16.9 Å². The normalized spacial score (nSPS) is 12.4. The van der Waals surface area contributed by atoms with Crippen molar-refractivity contribution in [3.8, 4) is 0 Å². The molecule has 0 aliphatic carbocycles. The molecule has 0 radical (unpaired) electrons. The summed E-state index contributed by atoms with van der Waals surface area (Å²) in [5.41, 5.74) is 1.77. The molecule has 1 atom stereocenters. The van der Waals surface area contributed by atoms with Crippen molar-refractivity contribution in [3.63, 3.8) is 0 Å². The van der Waals surface area contributed by atoms with Gasteiger partial charge in [-0.25, -0.2) is 4.39 Å². The fourth-order valence-corrected chi connectivity index (χ4v) is 2.15. The minimum absolute atomic E-state index is 0.192. The summed E-state index contributed by atoms with van der Waals surface area (Å²) in [4.78, 5) is 0. The molecule has 0 spiro atoms. The minimum Gasteiger partial charge on any atom is -0.313 e. The largest absolute Gasteiger partial charge is 0.313 e. The highest BCUT2D eigenvalue weighted by atomic mass is 35.5. The number of hydrogen-bond donors (Lipinski definition) is 1. The van der Waals surface area contributed by atoms with Gasteiger partial charge in [0.25, 0.3) is 0 Å². The Bertz CT molecular complexity index is 403. The first-order valence-corrected chi connectivity index (χ1v) is 6.73. The molecule has 1 aromatic carbocycles. The van der Waals surface area contributed by atoms with Crippen molar-refractivity contribution in [1.29, 1.82) is 0 Å². The van der Waals surface area contributed by atoms with E-state index in [1.807, 2.05) is 6.92 Å². The smallest absolute Gasteiger partial charge is 0.145 e. The Balaban J connectivity index is 2.75. The van der Waals surface area contributed by atoms with Crippen LogP contribution in [0.25, 0.3) is 0 Å². The lowest BCUT2D eigenvalue weighted by Gasteiger charge is -2.19. The summed E-state index contributed by atoms with van der Waals surface area (Å²) in [5, 5.41) is 3.62. The Hall–Kier alpha value is -0.860. The van der Waals surface area contributed by atoms with Crippen molar-refractivity contribution < 1.29 is 4.39 Å². The molecule has 0 saturated heterocycles. The lowest BCUT2D eigenvalue weighted by molar-refractivity contribution is 0.491. The fraction of sp³-hybridized carbons (Fsp3) is 0.467. The van der Waals surface area contributed by atoms with Crippen LogP contribution in [0.15, 0.2) is 30.4 Å². The first kappa shape index (κ1) is 15.2. The summed E-state index contributed by atoms with van der Waals surface area (Å²) < 4.78 is 13.8. The maximum absolute atomic E-state index is 13.8. The number of nitrogens with one attached hydrogen (secondary N) is 1. The zero-order chi connectivity index (χ0) is 13.5. The molecule has 0 aromatic heterocycles. The van der Waals surface area contributed by atoms with Crippen LogP contribution >= 0.6 is 11.6 Å². The SMILES string of the molecule is C=C(C)CC(Cc1cccc(Cl)c1F)NCCC. The highest BCUT2D eigenvalue weighted by molar-refractivity contribution is 6.30. The Kier molecular flexibility index (Phi) is 6.37. The van der Waals surface area contributed by atoms with Crippen molar-refractivity contribution in [2.75, 3.05) is 6.54 Å². The maximum Gasteiger partial charge on any atom is 0.145 e. The predicted molar refractivity (Wildman–Crippen MR) is 76.6 cm³/mol. The average Bonchev–Trinajstić information content (AvgIpc) is 2.31. The van der Waals surface area contributed by atoms with E-state index < -0.39 is 0 Å². The van der Waals surface area contributed by atoms with E-state index >= 15 is 0 Å². The highest BCUT2D eigenvalue weighted by Crippen LogP contribution is 2.20. The summed E-state index contributed by atoms with van der Waals surface area (Å²) in [6.45, 7) is 8.97. The van der Waals surface area contributed by atoms with Gasteiger partial charge in [0.1, 0.15) is 5.82 Å². The number of halogens is 2. The van der Waals surface area contributed by atoms with Crippen molar-refractivity contribution >= 4 is 11.6 Å². The van der Waals surface area contributed by atoms with Gasteiger partial charge in [-0.15, -0.1) is 6.58 Å². The molecule has 18 heavy (non-hydrogen) atoms. The van der Waals surface area contributed by atoms with E-state index in [9.17, 15) is 4.39 Å². The first-order valence-electron chi connectivity index (χ1n) is 6.35. The summed E-state index contributed by atoms with van der Waals surface area (Å²) in [7, 11) is 0. The van der Waals surface area contributed by atoms with Gasteiger partial charge in [-0.2, -0.15) is 0 Å². The van der Waals surface area contributed by atoms with Gasteiger partial charge in [-0.3, -0.25) is 0 Å². The molecule has 0 heterocycles. The van der Waals surface area contributed by atoms with Crippen LogP contribution in [0.1, 0.15) is 32.3 Å². The van der Waals surface area contributed by atoms with Gasteiger partial charge in [-0.05, 0) is 44.4 Å². The van der Waals surface area contributed by atoms with Gasteiger partial charge in [0.2, 0.25) is 0 Å². The molecule has 0 aliphatic heterocycles. The number of hydrogen-bond acceptors (Lipinski definition) is 1. The van der Waals surface area contributed by atoms with Crippen LogP contribution in [0.3, 0.4) is 0 Å². The average molecular weight is 270 g/mol.